The summed E-state index contributed by atoms with van der Waals surface area (Å²) >= 11 is 0. The number of methoxy groups -OCH3 is 2. The number of carbonyl (C=O) groups is 4. The molecule has 1 saturated heterocycles. The van der Waals surface area contributed by atoms with E-state index in [2.05, 4.69) is 10.6 Å². The van der Waals surface area contributed by atoms with Crippen LogP contribution in [-0.4, -0.2) is 67.0 Å². The zero-order valence-corrected chi connectivity index (χ0v) is 21.6. The van der Waals surface area contributed by atoms with Gasteiger partial charge in [0, 0.05) is 44.2 Å². The lowest BCUT2D eigenvalue weighted by Crippen LogP contribution is -2.56. The number of halogens is 3. The second-order valence-corrected chi connectivity index (χ2v) is 9.48. The van der Waals surface area contributed by atoms with E-state index >= 15 is 0 Å². The number of hydrogen-bond acceptors (Lipinski definition) is 6. The summed E-state index contributed by atoms with van der Waals surface area (Å²) in [5.74, 6) is -5.83. The van der Waals surface area contributed by atoms with Crippen molar-refractivity contribution in [2.24, 2.45) is 5.92 Å². The van der Waals surface area contributed by atoms with Crippen molar-refractivity contribution in [3.8, 4) is 0 Å². The maximum absolute atomic E-state index is 14.2. The van der Waals surface area contributed by atoms with Crippen molar-refractivity contribution in [1.82, 2.24) is 15.5 Å². The topological polar surface area (TPSA) is 114 Å². The summed E-state index contributed by atoms with van der Waals surface area (Å²) in [5.41, 5.74) is -0.345. The standard InChI is InChI=1S/C25H34F3N3O6/c1-13(2)8-19(25(35)37-5)29-24(34)23(14(3)36-4)30-20(32)11-17-6-7-21(33)31(17)12-15-9-16(26)10-18(27)22(15)28/h9-10,13-14,17,19,23H,6-8,11-12H2,1-5H3,(H,29,34)(H,30,32)/t14-,17+,19+,23+/m1/s1. The highest BCUT2D eigenvalue weighted by molar-refractivity contribution is 5.91. The Balaban J connectivity index is 2.13. The highest BCUT2D eigenvalue weighted by Crippen LogP contribution is 2.26. The SMILES string of the molecule is COC(=O)[C@H](CC(C)C)NC(=O)[C@@H](NC(=O)C[C@@H]1CCC(=O)N1Cc1cc(F)cc(F)c1F)[C@@H](C)OC. The Kier molecular flexibility index (Phi) is 10.9. The molecule has 0 bridgehead atoms. The van der Waals surface area contributed by atoms with Gasteiger partial charge in [0.15, 0.2) is 11.6 Å². The molecule has 1 heterocycles. The van der Waals surface area contributed by atoms with Crippen LogP contribution in [0.2, 0.25) is 0 Å². The van der Waals surface area contributed by atoms with Crippen LogP contribution in [0.25, 0.3) is 0 Å². The van der Waals surface area contributed by atoms with Gasteiger partial charge in [-0.2, -0.15) is 0 Å². The van der Waals surface area contributed by atoms with Gasteiger partial charge in [0.1, 0.15) is 17.9 Å². The molecule has 206 valence electrons. The van der Waals surface area contributed by atoms with Crippen molar-refractivity contribution in [2.45, 2.75) is 77.2 Å². The third-order valence-corrected chi connectivity index (χ3v) is 6.23. The molecule has 0 saturated carbocycles. The van der Waals surface area contributed by atoms with E-state index in [0.29, 0.717) is 12.5 Å². The van der Waals surface area contributed by atoms with Crippen LogP contribution in [0, 0.1) is 23.4 Å². The molecule has 1 aromatic carbocycles. The maximum atomic E-state index is 14.2. The predicted octanol–water partition coefficient (Wildman–Crippen LogP) is 2.21. The van der Waals surface area contributed by atoms with Crippen molar-refractivity contribution in [3.05, 3.63) is 35.1 Å². The highest BCUT2D eigenvalue weighted by Gasteiger charge is 2.36. The fourth-order valence-electron chi connectivity index (χ4n) is 4.20. The lowest BCUT2D eigenvalue weighted by molar-refractivity contribution is -0.146. The molecule has 0 unspecified atom stereocenters. The second-order valence-electron chi connectivity index (χ2n) is 9.48. The molecule has 1 fully saturated rings. The Morgan fingerprint density at radius 3 is 2.38 bits per heavy atom. The molecule has 4 atom stereocenters. The lowest BCUT2D eigenvalue weighted by atomic mass is 10.0. The van der Waals surface area contributed by atoms with Gasteiger partial charge < -0.3 is 25.0 Å². The number of carbonyl (C=O) groups excluding carboxylic acids is 4. The van der Waals surface area contributed by atoms with Crippen LogP contribution in [0.15, 0.2) is 12.1 Å². The molecular formula is C25H34F3N3O6. The maximum Gasteiger partial charge on any atom is 0.328 e. The molecule has 0 radical (unpaired) electrons. The van der Waals surface area contributed by atoms with E-state index in [1.165, 1.54) is 19.1 Å². The minimum Gasteiger partial charge on any atom is -0.467 e. The molecule has 1 aromatic rings. The smallest absolute Gasteiger partial charge is 0.328 e. The number of hydrogen-bond donors (Lipinski definition) is 2. The first kappa shape index (κ1) is 30.1. The summed E-state index contributed by atoms with van der Waals surface area (Å²) in [6.07, 6.45) is -0.353. The van der Waals surface area contributed by atoms with Gasteiger partial charge >= 0.3 is 5.97 Å². The van der Waals surface area contributed by atoms with E-state index in [9.17, 15) is 32.3 Å². The number of amides is 3. The monoisotopic (exact) mass is 529 g/mol. The minimum absolute atomic E-state index is 0.0691. The van der Waals surface area contributed by atoms with Gasteiger partial charge in [0.05, 0.1) is 13.2 Å². The van der Waals surface area contributed by atoms with Crippen molar-refractivity contribution in [1.29, 1.82) is 0 Å². The van der Waals surface area contributed by atoms with Crippen LogP contribution in [0.1, 0.15) is 52.0 Å². The summed E-state index contributed by atoms with van der Waals surface area (Å²) in [6.45, 7) is 4.90. The molecular weight excluding hydrogens is 495 g/mol. The molecule has 1 aliphatic rings. The molecule has 2 N–H and O–H groups in total. The first-order valence-corrected chi connectivity index (χ1v) is 12.0. The van der Waals surface area contributed by atoms with Crippen molar-refractivity contribution >= 4 is 23.7 Å². The van der Waals surface area contributed by atoms with E-state index in [-0.39, 0.29) is 30.7 Å². The average molecular weight is 530 g/mol. The number of likely N-dealkylation sites (tertiary alicyclic amines) is 1. The van der Waals surface area contributed by atoms with E-state index in [0.717, 1.165) is 6.07 Å². The number of nitrogens with zero attached hydrogens (tertiary/aromatic N) is 1. The summed E-state index contributed by atoms with van der Waals surface area (Å²) < 4.78 is 51.4. The number of nitrogens with one attached hydrogen (secondary N) is 2. The van der Waals surface area contributed by atoms with E-state index in [1.807, 2.05) is 13.8 Å². The van der Waals surface area contributed by atoms with Crippen molar-refractivity contribution in [2.75, 3.05) is 14.2 Å². The average Bonchev–Trinajstić information content (AvgIpc) is 3.17. The predicted molar refractivity (Wildman–Crippen MR) is 126 cm³/mol. The van der Waals surface area contributed by atoms with E-state index in [4.69, 9.17) is 9.47 Å². The van der Waals surface area contributed by atoms with Gasteiger partial charge in [-0.3, -0.25) is 14.4 Å². The Labute approximate surface area is 214 Å². The summed E-state index contributed by atoms with van der Waals surface area (Å²) in [5, 5.41) is 5.17. The molecule has 37 heavy (non-hydrogen) atoms. The molecule has 12 heteroatoms. The second kappa shape index (κ2) is 13.4. The molecule has 2 rings (SSSR count). The first-order valence-electron chi connectivity index (χ1n) is 12.0. The fraction of sp³-hybridized carbons (Fsp3) is 0.600. The normalized spacial score (nSPS) is 17.9. The fourth-order valence-corrected chi connectivity index (χ4v) is 4.20. The first-order chi connectivity index (χ1) is 17.4. The molecule has 0 spiro atoms. The Morgan fingerprint density at radius 2 is 1.78 bits per heavy atom. The molecule has 0 aromatic heterocycles. The highest BCUT2D eigenvalue weighted by atomic mass is 19.2. The number of ether oxygens (including phenoxy) is 2. The summed E-state index contributed by atoms with van der Waals surface area (Å²) in [7, 11) is 2.56. The third-order valence-electron chi connectivity index (χ3n) is 6.23. The Bertz CT molecular complexity index is 1010. The van der Waals surface area contributed by atoms with Crippen LogP contribution in [0.5, 0.6) is 0 Å². The molecule has 1 aliphatic heterocycles. The molecule has 0 aliphatic carbocycles. The zero-order chi connectivity index (χ0) is 27.9. The van der Waals surface area contributed by atoms with Crippen LogP contribution in [0.3, 0.4) is 0 Å². The molecule has 9 nitrogen and oxygen atoms in total. The van der Waals surface area contributed by atoms with Crippen molar-refractivity contribution < 1.29 is 41.8 Å². The quantitative estimate of drug-likeness (QED) is 0.317. The van der Waals surface area contributed by atoms with Crippen LogP contribution in [-0.2, 0) is 35.2 Å². The van der Waals surface area contributed by atoms with Crippen molar-refractivity contribution in [3.63, 3.8) is 0 Å². The van der Waals surface area contributed by atoms with Gasteiger partial charge in [0.2, 0.25) is 17.7 Å². The van der Waals surface area contributed by atoms with Gasteiger partial charge in [-0.05, 0) is 31.7 Å². The van der Waals surface area contributed by atoms with Gasteiger partial charge in [-0.25, -0.2) is 18.0 Å². The lowest BCUT2D eigenvalue weighted by Gasteiger charge is -2.28. The van der Waals surface area contributed by atoms with Crippen LogP contribution >= 0.6 is 0 Å². The van der Waals surface area contributed by atoms with Crippen LogP contribution in [0.4, 0.5) is 13.2 Å². The third kappa shape index (κ3) is 8.17. The number of esters is 1. The van der Waals surface area contributed by atoms with Gasteiger partial charge in [0.25, 0.3) is 0 Å². The van der Waals surface area contributed by atoms with Crippen LogP contribution < -0.4 is 10.6 Å². The van der Waals surface area contributed by atoms with Gasteiger partial charge in [-0.15, -0.1) is 0 Å². The van der Waals surface area contributed by atoms with E-state index in [1.54, 1.807) is 6.92 Å². The number of benzene rings is 1. The number of rotatable bonds is 12. The summed E-state index contributed by atoms with van der Waals surface area (Å²) in [6, 6.07) is -1.56. The Morgan fingerprint density at radius 1 is 1.11 bits per heavy atom. The van der Waals surface area contributed by atoms with Gasteiger partial charge in [-0.1, -0.05) is 13.8 Å². The summed E-state index contributed by atoms with van der Waals surface area (Å²) in [4.78, 5) is 51.6. The molecule has 3 amide bonds. The zero-order valence-electron chi connectivity index (χ0n) is 21.6. The Hall–Kier alpha value is -3.15. The van der Waals surface area contributed by atoms with E-state index < -0.39 is 71.9 Å². The minimum atomic E-state index is -1.37. The largest absolute Gasteiger partial charge is 0.467 e.